The van der Waals surface area contributed by atoms with Crippen LogP contribution in [0.4, 0.5) is 0 Å². The van der Waals surface area contributed by atoms with E-state index in [2.05, 4.69) is 19.9 Å². The molecule has 2 aromatic heterocycles. The van der Waals surface area contributed by atoms with Crippen LogP contribution >= 0.6 is 0 Å². The first-order valence-electron chi connectivity index (χ1n) is 8.86. The Morgan fingerprint density at radius 1 is 0.786 bits per heavy atom. The molecule has 0 aliphatic heterocycles. The zero-order valence-electron chi connectivity index (χ0n) is 15.0. The zero-order chi connectivity index (χ0) is 19.3. The monoisotopic (exact) mass is 370 g/mol. The van der Waals surface area contributed by atoms with E-state index < -0.39 is 0 Å². The van der Waals surface area contributed by atoms with Gasteiger partial charge in [-0.1, -0.05) is 54.6 Å². The predicted octanol–water partition coefficient (Wildman–Crippen LogP) is 1.03. The normalized spacial score (nSPS) is 12.4. The molecule has 0 unspecified atom stereocenters. The van der Waals surface area contributed by atoms with E-state index in [9.17, 15) is 9.59 Å². The van der Waals surface area contributed by atoms with E-state index >= 15 is 0 Å². The number of nitrogens with zero attached hydrogens (tertiary/aromatic N) is 1. The maximum Gasteiger partial charge on any atom is 0.272 e. The van der Waals surface area contributed by atoms with Gasteiger partial charge in [-0.05, 0) is 28.8 Å². The van der Waals surface area contributed by atoms with Crippen molar-refractivity contribution in [3.63, 3.8) is 0 Å². The van der Waals surface area contributed by atoms with Crippen LogP contribution in [0.1, 0.15) is 22.5 Å². The number of rotatable bonds is 4. The smallest absolute Gasteiger partial charge is 0.272 e. The maximum atomic E-state index is 12.4. The Balaban J connectivity index is 1.65. The molecule has 0 bridgehead atoms. The summed E-state index contributed by atoms with van der Waals surface area (Å²) in [7, 11) is 0. The third-order valence-electron chi connectivity index (χ3n) is 4.31. The predicted molar refractivity (Wildman–Crippen MR) is 108 cm³/mol. The van der Waals surface area contributed by atoms with Crippen molar-refractivity contribution in [3.8, 4) is 0 Å². The first-order valence-corrected chi connectivity index (χ1v) is 8.86. The summed E-state index contributed by atoms with van der Waals surface area (Å²) >= 11 is 0. The van der Waals surface area contributed by atoms with Gasteiger partial charge in [0, 0.05) is 18.8 Å². The van der Waals surface area contributed by atoms with Crippen LogP contribution in [0.5, 0.6) is 0 Å². The molecule has 4 aromatic rings. The van der Waals surface area contributed by atoms with Crippen LogP contribution in [0.15, 0.2) is 76.6 Å². The van der Waals surface area contributed by atoms with Crippen molar-refractivity contribution in [2.24, 2.45) is 0 Å². The summed E-state index contributed by atoms with van der Waals surface area (Å²) in [5, 5.41) is 0.441. The van der Waals surface area contributed by atoms with Crippen molar-refractivity contribution >= 4 is 12.2 Å². The summed E-state index contributed by atoms with van der Waals surface area (Å²) in [6.07, 6.45) is 7.52. The Morgan fingerprint density at radius 2 is 1.39 bits per heavy atom. The minimum atomic E-state index is -0.346. The second-order valence-corrected chi connectivity index (χ2v) is 6.39. The lowest BCUT2D eigenvalue weighted by atomic mass is 10.1. The van der Waals surface area contributed by atoms with Crippen molar-refractivity contribution in [1.29, 1.82) is 0 Å². The molecule has 28 heavy (non-hydrogen) atoms. The van der Waals surface area contributed by atoms with Gasteiger partial charge in [0.2, 0.25) is 0 Å². The molecule has 2 aromatic carbocycles. The number of aromatic nitrogens is 4. The lowest BCUT2D eigenvalue weighted by molar-refractivity contribution is 1.00. The standard InChI is InChI=1S/C22H18N4O2/c27-21-18(12-15-4-2-1-3-5-15)25-22(28)19(26-21)13-16-6-8-17(9-7-16)14-20-23-10-11-24-20/h1-13H,14H2,(H,23,24)(H,25,28)(H,26,27)/b18-12-,19-13-. The van der Waals surface area contributed by atoms with Gasteiger partial charge in [-0.2, -0.15) is 0 Å². The van der Waals surface area contributed by atoms with Crippen LogP contribution in [0.3, 0.4) is 0 Å². The van der Waals surface area contributed by atoms with Crippen LogP contribution in [0.25, 0.3) is 12.2 Å². The average Bonchev–Trinajstić information content (AvgIpc) is 3.21. The molecule has 6 heteroatoms. The Bertz CT molecular complexity index is 1300. The number of imidazole rings is 1. The van der Waals surface area contributed by atoms with Crippen molar-refractivity contribution in [1.82, 2.24) is 19.9 Å². The molecule has 0 saturated heterocycles. The number of benzene rings is 2. The first kappa shape index (κ1) is 17.5. The third kappa shape index (κ3) is 4.07. The summed E-state index contributed by atoms with van der Waals surface area (Å²) in [6.45, 7) is 0. The molecule has 0 spiro atoms. The molecule has 2 heterocycles. The number of H-pyrrole nitrogens is 3. The molecule has 0 aliphatic carbocycles. The number of hydrogen-bond donors (Lipinski definition) is 3. The van der Waals surface area contributed by atoms with Gasteiger partial charge in [0.15, 0.2) is 0 Å². The fourth-order valence-electron chi connectivity index (χ4n) is 2.90. The molecular weight excluding hydrogens is 352 g/mol. The Morgan fingerprint density at radius 3 is 1.96 bits per heavy atom. The molecule has 0 atom stereocenters. The second-order valence-electron chi connectivity index (χ2n) is 6.39. The summed E-state index contributed by atoms with van der Waals surface area (Å²) in [5.74, 6) is 0.891. The molecule has 0 saturated carbocycles. The molecule has 138 valence electrons. The topological polar surface area (TPSA) is 94.4 Å². The van der Waals surface area contributed by atoms with E-state index in [1.54, 1.807) is 24.5 Å². The number of hydrogen-bond acceptors (Lipinski definition) is 3. The summed E-state index contributed by atoms with van der Waals surface area (Å²) < 4.78 is 0. The molecule has 3 N–H and O–H groups in total. The van der Waals surface area contributed by atoms with Crippen LogP contribution in [0.2, 0.25) is 0 Å². The Hall–Kier alpha value is -3.93. The summed E-state index contributed by atoms with van der Waals surface area (Å²) in [4.78, 5) is 37.3. The Labute approximate surface area is 160 Å². The second kappa shape index (κ2) is 7.75. The molecular formula is C22H18N4O2. The van der Waals surface area contributed by atoms with Crippen molar-refractivity contribution in [3.05, 3.63) is 121 Å². The molecule has 0 aliphatic rings. The van der Waals surface area contributed by atoms with Gasteiger partial charge in [0.05, 0.1) is 0 Å². The SMILES string of the molecule is O=c1[nH]/c(=C\c2ccc(Cc3ncc[nH]3)cc2)c(=O)[nH]/c1=C\c1ccccc1. The maximum absolute atomic E-state index is 12.4. The van der Waals surface area contributed by atoms with E-state index in [1.165, 1.54) is 0 Å². The van der Waals surface area contributed by atoms with E-state index in [-0.39, 0.29) is 21.8 Å². The van der Waals surface area contributed by atoms with Crippen LogP contribution in [-0.2, 0) is 6.42 Å². The van der Waals surface area contributed by atoms with E-state index in [4.69, 9.17) is 0 Å². The number of aromatic amines is 3. The highest BCUT2D eigenvalue weighted by atomic mass is 16.1. The van der Waals surface area contributed by atoms with E-state index in [0.29, 0.717) is 6.42 Å². The van der Waals surface area contributed by atoms with Crippen LogP contribution in [-0.4, -0.2) is 19.9 Å². The summed E-state index contributed by atoms with van der Waals surface area (Å²) in [6, 6.07) is 17.1. The van der Waals surface area contributed by atoms with E-state index in [0.717, 1.165) is 22.5 Å². The van der Waals surface area contributed by atoms with Gasteiger partial charge in [0.25, 0.3) is 11.1 Å². The lowest BCUT2D eigenvalue weighted by Gasteiger charge is -1.99. The van der Waals surface area contributed by atoms with Gasteiger partial charge in [0.1, 0.15) is 16.5 Å². The van der Waals surface area contributed by atoms with Crippen molar-refractivity contribution < 1.29 is 0 Å². The molecule has 6 nitrogen and oxygen atoms in total. The third-order valence-corrected chi connectivity index (χ3v) is 4.31. The molecule has 0 fully saturated rings. The lowest BCUT2D eigenvalue weighted by Crippen LogP contribution is -2.46. The largest absolute Gasteiger partial charge is 0.348 e. The Kier molecular flexibility index (Phi) is 4.84. The first-order chi connectivity index (χ1) is 13.7. The highest BCUT2D eigenvalue weighted by Crippen LogP contribution is 2.08. The van der Waals surface area contributed by atoms with Crippen molar-refractivity contribution in [2.45, 2.75) is 6.42 Å². The fraction of sp³-hybridized carbons (Fsp3) is 0.0455. The van der Waals surface area contributed by atoms with Crippen LogP contribution in [0, 0.1) is 0 Å². The fourth-order valence-corrected chi connectivity index (χ4v) is 2.90. The molecule has 4 rings (SSSR count). The average molecular weight is 370 g/mol. The minimum Gasteiger partial charge on any atom is -0.348 e. The summed E-state index contributed by atoms with van der Waals surface area (Å²) in [5.41, 5.74) is 2.07. The minimum absolute atomic E-state index is 0.217. The highest BCUT2D eigenvalue weighted by molar-refractivity contribution is 5.49. The van der Waals surface area contributed by atoms with Gasteiger partial charge in [-0.15, -0.1) is 0 Å². The van der Waals surface area contributed by atoms with Crippen LogP contribution < -0.4 is 21.8 Å². The van der Waals surface area contributed by atoms with Gasteiger partial charge in [-0.25, -0.2) is 4.98 Å². The molecule has 0 amide bonds. The van der Waals surface area contributed by atoms with Gasteiger partial charge >= 0.3 is 0 Å². The van der Waals surface area contributed by atoms with Gasteiger partial charge in [-0.3, -0.25) is 9.59 Å². The van der Waals surface area contributed by atoms with E-state index in [1.807, 2.05) is 54.6 Å². The quantitative estimate of drug-likeness (QED) is 0.501. The van der Waals surface area contributed by atoms with Crippen molar-refractivity contribution in [2.75, 3.05) is 0 Å². The molecule has 0 radical (unpaired) electrons. The van der Waals surface area contributed by atoms with Gasteiger partial charge < -0.3 is 15.0 Å². The zero-order valence-corrected chi connectivity index (χ0v) is 15.0. The number of nitrogens with one attached hydrogen (secondary N) is 3. The highest BCUT2D eigenvalue weighted by Gasteiger charge is 2.00.